The molecule has 2 aromatic carbocycles. The lowest BCUT2D eigenvalue weighted by Gasteiger charge is -1.96. The lowest BCUT2D eigenvalue weighted by molar-refractivity contribution is -0.594. The molecule has 19 heavy (non-hydrogen) atoms. The van der Waals surface area contributed by atoms with Crippen LogP contribution in [-0.2, 0) is 0 Å². The van der Waals surface area contributed by atoms with Crippen molar-refractivity contribution < 1.29 is 4.57 Å². The van der Waals surface area contributed by atoms with E-state index in [1.54, 1.807) is 0 Å². The van der Waals surface area contributed by atoms with Gasteiger partial charge in [0.15, 0.2) is 0 Å². The topological polar surface area (TPSA) is 8.81 Å². The zero-order valence-electron chi connectivity index (χ0n) is 10.4. The summed E-state index contributed by atoms with van der Waals surface area (Å²) < 4.78 is 4.14. The number of nitrogens with zero attached hydrogens (tertiary/aromatic N) is 2. The third-order valence-electron chi connectivity index (χ3n) is 3.02. The van der Waals surface area contributed by atoms with Crippen LogP contribution >= 0.6 is 0 Å². The van der Waals surface area contributed by atoms with Gasteiger partial charge < -0.3 is 0 Å². The zero-order chi connectivity index (χ0) is 13.1. The van der Waals surface area contributed by atoms with Gasteiger partial charge in [-0.05, 0) is 36.4 Å². The van der Waals surface area contributed by atoms with E-state index in [2.05, 4.69) is 27.2 Å². The fourth-order valence-electron chi connectivity index (χ4n) is 1.99. The highest BCUT2D eigenvalue weighted by Gasteiger charge is 2.07. The largest absolute Gasteiger partial charge is 0.254 e. The van der Waals surface area contributed by atoms with Gasteiger partial charge in [-0.3, -0.25) is 0 Å². The Morgan fingerprint density at radius 2 is 1.68 bits per heavy atom. The molecule has 0 bridgehead atoms. The van der Waals surface area contributed by atoms with Crippen molar-refractivity contribution in [2.75, 3.05) is 0 Å². The smallest absolute Gasteiger partial charge is 0.202 e. The molecular weight excluding hydrogens is 232 g/mol. The maximum atomic E-state index is 5.36. The van der Waals surface area contributed by atoms with Gasteiger partial charge in [-0.1, -0.05) is 24.1 Å². The molecule has 1 aromatic heterocycles. The molecule has 90 valence electrons. The van der Waals surface area contributed by atoms with Crippen LogP contribution in [0.2, 0.25) is 0 Å². The SMILES string of the molecule is C#Cc1ccc(-[n+]2ccn(-c3ccccc3)c2)cc1. The predicted octanol–water partition coefficient (Wildman–Crippen LogP) is 2.74. The van der Waals surface area contributed by atoms with E-state index < -0.39 is 0 Å². The Bertz CT molecular complexity index is 716. The molecule has 0 radical (unpaired) electrons. The molecular formula is C17H13N2+. The number of para-hydroxylation sites is 1. The lowest BCUT2D eigenvalue weighted by atomic mass is 10.2. The highest BCUT2D eigenvalue weighted by molar-refractivity contribution is 5.37. The highest BCUT2D eigenvalue weighted by Crippen LogP contribution is 2.07. The first-order valence-corrected chi connectivity index (χ1v) is 6.08. The van der Waals surface area contributed by atoms with Crippen LogP contribution in [0.1, 0.15) is 5.56 Å². The van der Waals surface area contributed by atoms with E-state index >= 15 is 0 Å². The minimum atomic E-state index is 0.895. The van der Waals surface area contributed by atoms with Crippen molar-refractivity contribution in [3.8, 4) is 23.7 Å². The number of hydrogen-bond acceptors (Lipinski definition) is 0. The molecule has 0 amide bonds. The summed E-state index contributed by atoms with van der Waals surface area (Å²) in [5.74, 6) is 2.62. The summed E-state index contributed by atoms with van der Waals surface area (Å²) in [4.78, 5) is 0. The summed E-state index contributed by atoms with van der Waals surface area (Å²) in [7, 11) is 0. The normalized spacial score (nSPS) is 10.1. The van der Waals surface area contributed by atoms with Crippen molar-refractivity contribution in [3.05, 3.63) is 78.9 Å². The van der Waals surface area contributed by atoms with Gasteiger partial charge in [0, 0.05) is 5.56 Å². The summed E-state index contributed by atoms with van der Waals surface area (Å²) in [6.45, 7) is 0. The molecule has 1 heterocycles. The van der Waals surface area contributed by atoms with Gasteiger partial charge in [0.1, 0.15) is 23.8 Å². The molecule has 3 aromatic rings. The highest BCUT2D eigenvalue weighted by atomic mass is 15.1. The van der Waals surface area contributed by atoms with Crippen molar-refractivity contribution in [2.24, 2.45) is 0 Å². The Morgan fingerprint density at radius 1 is 0.947 bits per heavy atom. The van der Waals surface area contributed by atoms with Gasteiger partial charge in [0.05, 0.1) is 0 Å². The second-order valence-electron chi connectivity index (χ2n) is 4.25. The van der Waals surface area contributed by atoms with Crippen LogP contribution in [0.5, 0.6) is 0 Å². The van der Waals surface area contributed by atoms with Crippen LogP contribution in [0.25, 0.3) is 11.4 Å². The fraction of sp³-hybridized carbons (Fsp3) is 0. The molecule has 2 nitrogen and oxygen atoms in total. The molecule has 0 aliphatic carbocycles. The first-order chi connectivity index (χ1) is 9.36. The van der Waals surface area contributed by atoms with Gasteiger partial charge >= 0.3 is 0 Å². The molecule has 0 unspecified atom stereocenters. The minimum Gasteiger partial charge on any atom is -0.202 e. The summed E-state index contributed by atoms with van der Waals surface area (Å²) in [5.41, 5.74) is 3.13. The van der Waals surface area contributed by atoms with Crippen LogP contribution in [0.15, 0.2) is 73.3 Å². The third-order valence-corrected chi connectivity index (χ3v) is 3.02. The van der Waals surface area contributed by atoms with E-state index in [-0.39, 0.29) is 0 Å². The Balaban J connectivity index is 1.95. The van der Waals surface area contributed by atoms with Crippen LogP contribution in [0, 0.1) is 12.3 Å². The molecule has 0 atom stereocenters. The number of rotatable bonds is 2. The average molecular weight is 245 g/mol. The Kier molecular flexibility index (Phi) is 2.88. The summed E-state index contributed by atoms with van der Waals surface area (Å²) in [5, 5.41) is 0. The first kappa shape index (κ1) is 11.3. The van der Waals surface area contributed by atoms with Crippen LogP contribution < -0.4 is 4.57 Å². The molecule has 0 spiro atoms. The number of imidazole rings is 1. The van der Waals surface area contributed by atoms with Gasteiger partial charge in [-0.15, -0.1) is 6.42 Å². The van der Waals surface area contributed by atoms with Crippen molar-refractivity contribution in [1.82, 2.24) is 4.57 Å². The molecule has 0 saturated carbocycles. The number of aromatic nitrogens is 2. The summed E-state index contributed by atoms with van der Waals surface area (Å²) in [6, 6.07) is 18.2. The van der Waals surface area contributed by atoms with Crippen LogP contribution in [-0.4, -0.2) is 4.57 Å². The summed E-state index contributed by atoms with van der Waals surface area (Å²) in [6.07, 6.45) is 11.5. The standard InChI is InChI=1S/C17H13N2/c1-2-15-8-10-17(11-9-15)19-13-12-18(14-19)16-6-4-3-5-7-16/h1,3-14H/q+1. The minimum absolute atomic E-state index is 0.895. The number of terminal acetylenes is 1. The van der Waals surface area contributed by atoms with E-state index in [1.165, 1.54) is 0 Å². The second kappa shape index (κ2) is 4.83. The van der Waals surface area contributed by atoms with Crippen molar-refractivity contribution in [3.63, 3.8) is 0 Å². The molecule has 2 heteroatoms. The fourth-order valence-corrected chi connectivity index (χ4v) is 1.99. The van der Waals surface area contributed by atoms with E-state index in [0.29, 0.717) is 0 Å². The first-order valence-electron chi connectivity index (χ1n) is 6.08. The van der Waals surface area contributed by atoms with Gasteiger partial charge in [-0.25, -0.2) is 9.13 Å². The summed E-state index contributed by atoms with van der Waals surface area (Å²) >= 11 is 0. The molecule has 0 saturated heterocycles. The van der Waals surface area contributed by atoms with E-state index in [0.717, 1.165) is 16.9 Å². The van der Waals surface area contributed by atoms with Gasteiger partial charge in [0.25, 0.3) is 6.33 Å². The van der Waals surface area contributed by atoms with E-state index in [4.69, 9.17) is 6.42 Å². The average Bonchev–Trinajstić information content (AvgIpc) is 2.98. The number of hydrogen-bond donors (Lipinski definition) is 0. The van der Waals surface area contributed by atoms with Gasteiger partial charge in [-0.2, -0.15) is 0 Å². The molecule has 3 rings (SSSR count). The quantitative estimate of drug-likeness (QED) is 0.485. The number of benzene rings is 2. The molecule has 0 N–H and O–H groups in total. The van der Waals surface area contributed by atoms with Crippen molar-refractivity contribution in [1.29, 1.82) is 0 Å². The third kappa shape index (κ3) is 2.27. The molecule has 0 aliphatic heterocycles. The van der Waals surface area contributed by atoms with Crippen molar-refractivity contribution >= 4 is 0 Å². The maximum Gasteiger partial charge on any atom is 0.254 e. The predicted molar refractivity (Wildman–Crippen MR) is 75.2 cm³/mol. The molecule has 0 aliphatic rings. The Hall–Kier alpha value is -2.79. The van der Waals surface area contributed by atoms with E-state index in [9.17, 15) is 0 Å². The Labute approximate surface area is 112 Å². The monoisotopic (exact) mass is 245 g/mol. The second-order valence-corrected chi connectivity index (χ2v) is 4.25. The zero-order valence-corrected chi connectivity index (χ0v) is 10.4. The maximum absolute atomic E-state index is 5.36. The Morgan fingerprint density at radius 3 is 2.37 bits per heavy atom. The van der Waals surface area contributed by atoms with Crippen molar-refractivity contribution in [2.45, 2.75) is 0 Å². The lowest BCUT2D eigenvalue weighted by Crippen LogP contribution is -2.27. The van der Waals surface area contributed by atoms with Crippen LogP contribution in [0.3, 0.4) is 0 Å². The van der Waals surface area contributed by atoms with Gasteiger partial charge in [0.2, 0.25) is 0 Å². The van der Waals surface area contributed by atoms with Crippen LogP contribution in [0.4, 0.5) is 0 Å². The molecule has 0 fully saturated rings. The van der Waals surface area contributed by atoms with E-state index in [1.807, 2.05) is 61.2 Å².